The number of piperazine rings is 1. The third-order valence-corrected chi connectivity index (χ3v) is 3.53. The summed E-state index contributed by atoms with van der Waals surface area (Å²) >= 11 is 0. The zero-order valence-corrected chi connectivity index (χ0v) is 12.7. The molecule has 0 aromatic heterocycles. The van der Waals surface area contributed by atoms with Crippen molar-refractivity contribution in [3.05, 3.63) is 0 Å². The number of nitrogens with zero attached hydrogens (tertiary/aromatic N) is 2. The van der Waals surface area contributed by atoms with Crippen LogP contribution in [-0.4, -0.2) is 64.2 Å². The highest BCUT2D eigenvalue weighted by Gasteiger charge is 2.42. The molecule has 0 spiro atoms. The second-order valence-electron chi connectivity index (χ2n) is 6.59. The first-order chi connectivity index (χ1) is 9.69. The lowest BCUT2D eigenvalue weighted by Gasteiger charge is -2.39. The smallest absolute Gasteiger partial charge is 0.411 e. The molecule has 0 aromatic carbocycles. The molecule has 2 aliphatic rings. The van der Waals surface area contributed by atoms with Crippen LogP contribution in [0.2, 0.25) is 0 Å². The monoisotopic (exact) mass is 298 g/mol. The zero-order chi connectivity index (χ0) is 15.8. The minimum Gasteiger partial charge on any atom is -0.480 e. The van der Waals surface area contributed by atoms with Gasteiger partial charge in [-0.25, -0.2) is 9.59 Å². The van der Waals surface area contributed by atoms with Gasteiger partial charge < -0.3 is 14.7 Å². The van der Waals surface area contributed by atoms with E-state index in [1.54, 1.807) is 25.7 Å². The van der Waals surface area contributed by atoms with E-state index in [9.17, 15) is 19.5 Å². The number of hydrogen-bond acceptors (Lipinski definition) is 4. The van der Waals surface area contributed by atoms with E-state index in [1.165, 1.54) is 4.90 Å². The fraction of sp³-hybridized carbons (Fsp3) is 0.786. The van der Waals surface area contributed by atoms with Gasteiger partial charge in [0, 0.05) is 19.0 Å². The molecule has 1 heterocycles. The van der Waals surface area contributed by atoms with Crippen molar-refractivity contribution in [1.82, 2.24) is 9.80 Å². The van der Waals surface area contributed by atoms with E-state index in [0.717, 1.165) is 12.8 Å². The van der Waals surface area contributed by atoms with Gasteiger partial charge in [-0.05, 0) is 33.6 Å². The summed E-state index contributed by atoms with van der Waals surface area (Å²) in [7, 11) is 0. The van der Waals surface area contributed by atoms with Crippen molar-refractivity contribution in [3.63, 3.8) is 0 Å². The third-order valence-electron chi connectivity index (χ3n) is 3.53. The summed E-state index contributed by atoms with van der Waals surface area (Å²) in [4.78, 5) is 38.3. The predicted octanol–water partition coefficient (Wildman–Crippen LogP) is 0.929. The molecule has 0 radical (unpaired) electrons. The minimum atomic E-state index is -1.12. The summed E-state index contributed by atoms with van der Waals surface area (Å²) in [6, 6.07) is -1.05. The molecule has 1 aliphatic heterocycles. The molecule has 118 valence electrons. The van der Waals surface area contributed by atoms with Crippen molar-refractivity contribution >= 4 is 18.0 Å². The molecule has 7 nitrogen and oxygen atoms in total. The topological polar surface area (TPSA) is 87.2 Å². The number of ether oxygens (including phenoxy) is 1. The Labute approximate surface area is 123 Å². The molecule has 1 unspecified atom stereocenters. The van der Waals surface area contributed by atoms with Crippen molar-refractivity contribution in [2.75, 3.05) is 19.6 Å². The van der Waals surface area contributed by atoms with Gasteiger partial charge in [0.2, 0.25) is 5.91 Å². The lowest BCUT2D eigenvalue weighted by Crippen LogP contribution is -2.60. The Kier molecular flexibility index (Phi) is 4.11. The van der Waals surface area contributed by atoms with E-state index in [1.807, 2.05) is 0 Å². The zero-order valence-electron chi connectivity index (χ0n) is 12.7. The van der Waals surface area contributed by atoms with Crippen molar-refractivity contribution in [2.45, 2.75) is 45.3 Å². The second kappa shape index (κ2) is 5.54. The Hall–Kier alpha value is -1.79. The first kappa shape index (κ1) is 15.6. The number of carboxylic acids is 1. The van der Waals surface area contributed by atoms with Crippen LogP contribution in [0.25, 0.3) is 0 Å². The molecule has 21 heavy (non-hydrogen) atoms. The number of amides is 2. The highest BCUT2D eigenvalue weighted by Crippen LogP contribution is 2.31. The fourth-order valence-electron chi connectivity index (χ4n) is 2.32. The summed E-state index contributed by atoms with van der Waals surface area (Å²) in [5.74, 6) is -1.06. The van der Waals surface area contributed by atoms with Gasteiger partial charge in [0.1, 0.15) is 11.6 Å². The summed E-state index contributed by atoms with van der Waals surface area (Å²) < 4.78 is 5.23. The van der Waals surface area contributed by atoms with E-state index in [0.29, 0.717) is 6.54 Å². The van der Waals surface area contributed by atoms with Gasteiger partial charge in [-0.3, -0.25) is 9.69 Å². The molecule has 0 aromatic rings. The largest absolute Gasteiger partial charge is 0.480 e. The van der Waals surface area contributed by atoms with E-state index in [2.05, 4.69) is 0 Å². The lowest BCUT2D eigenvalue weighted by atomic mass is 10.1. The molecule has 0 bridgehead atoms. The normalized spacial score (nSPS) is 22.9. The van der Waals surface area contributed by atoms with Gasteiger partial charge >= 0.3 is 12.1 Å². The molecule has 2 amide bonds. The Balaban J connectivity index is 2.04. The summed E-state index contributed by atoms with van der Waals surface area (Å²) in [5, 5.41) is 9.32. The Bertz CT molecular complexity index is 453. The molecule has 1 N–H and O–H groups in total. The Morgan fingerprint density at radius 2 is 1.76 bits per heavy atom. The molecule has 7 heteroatoms. The van der Waals surface area contributed by atoms with E-state index in [4.69, 9.17) is 4.74 Å². The van der Waals surface area contributed by atoms with E-state index >= 15 is 0 Å². The molecular weight excluding hydrogens is 276 g/mol. The van der Waals surface area contributed by atoms with E-state index in [-0.39, 0.29) is 24.9 Å². The highest BCUT2D eigenvalue weighted by molar-refractivity contribution is 5.84. The highest BCUT2D eigenvalue weighted by atomic mass is 16.6. The number of aliphatic carboxylic acids is 1. The fourth-order valence-corrected chi connectivity index (χ4v) is 2.32. The van der Waals surface area contributed by atoms with Crippen molar-refractivity contribution in [2.24, 2.45) is 5.92 Å². The molecule has 1 saturated carbocycles. The van der Waals surface area contributed by atoms with Gasteiger partial charge in [-0.1, -0.05) is 0 Å². The Morgan fingerprint density at radius 3 is 2.24 bits per heavy atom. The van der Waals surface area contributed by atoms with Crippen LogP contribution in [0.5, 0.6) is 0 Å². The predicted molar refractivity (Wildman–Crippen MR) is 73.7 cm³/mol. The first-order valence-electron chi connectivity index (χ1n) is 7.20. The van der Waals surface area contributed by atoms with Gasteiger partial charge in [0.15, 0.2) is 0 Å². The maximum atomic E-state index is 12.1. The molecular formula is C14H22N2O5. The maximum Gasteiger partial charge on any atom is 0.411 e. The van der Waals surface area contributed by atoms with Gasteiger partial charge in [0.25, 0.3) is 0 Å². The van der Waals surface area contributed by atoms with Gasteiger partial charge in [-0.15, -0.1) is 0 Å². The molecule has 1 atom stereocenters. The van der Waals surface area contributed by atoms with Crippen molar-refractivity contribution in [1.29, 1.82) is 0 Å². The van der Waals surface area contributed by atoms with Crippen LogP contribution in [0.1, 0.15) is 33.6 Å². The summed E-state index contributed by atoms with van der Waals surface area (Å²) in [6.45, 7) is 5.77. The number of carbonyl (C=O) groups excluding carboxylic acids is 2. The van der Waals surface area contributed by atoms with E-state index < -0.39 is 23.7 Å². The Morgan fingerprint density at radius 1 is 1.14 bits per heavy atom. The van der Waals surface area contributed by atoms with Crippen LogP contribution in [-0.2, 0) is 14.3 Å². The molecule has 2 fully saturated rings. The van der Waals surface area contributed by atoms with Crippen LogP contribution in [0.15, 0.2) is 0 Å². The SMILES string of the molecule is CC(C)(C)OC(=O)N1CCN(C(=O)C2CC2)CC1C(=O)O. The summed E-state index contributed by atoms with van der Waals surface area (Å²) in [6.07, 6.45) is 1.11. The first-order valence-corrected chi connectivity index (χ1v) is 7.20. The number of carbonyl (C=O) groups is 3. The molecule has 1 aliphatic carbocycles. The number of rotatable bonds is 2. The molecule has 2 rings (SSSR count). The number of hydrogen-bond donors (Lipinski definition) is 1. The minimum absolute atomic E-state index is 0.00471. The lowest BCUT2D eigenvalue weighted by molar-refractivity contribution is -0.148. The van der Waals surface area contributed by atoms with Crippen LogP contribution >= 0.6 is 0 Å². The van der Waals surface area contributed by atoms with Gasteiger partial charge in [0.05, 0.1) is 6.54 Å². The summed E-state index contributed by atoms with van der Waals surface area (Å²) in [5.41, 5.74) is -0.679. The van der Waals surface area contributed by atoms with Gasteiger partial charge in [-0.2, -0.15) is 0 Å². The van der Waals surface area contributed by atoms with Crippen molar-refractivity contribution in [3.8, 4) is 0 Å². The van der Waals surface area contributed by atoms with Crippen LogP contribution < -0.4 is 0 Å². The average molecular weight is 298 g/mol. The van der Waals surface area contributed by atoms with Crippen LogP contribution in [0.3, 0.4) is 0 Å². The standard InChI is InChI=1S/C14H22N2O5/c1-14(2,3)21-13(20)16-7-6-15(8-10(16)12(18)19)11(17)9-4-5-9/h9-10H,4-8H2,1-3H3,(H,18,19). The number of carboxylic acid groups (broad SMARTS) is 1. The van der Waals surface area contributed by atoms with Crippen LogP contribution in [0, 0.1) is 5.92 Å². The van der Waals surface area contributed by atoms with Crippen LogP contribution in [0.4, 0.5) is 4.79 Å². The molecule has 1 saturated heterocycles. The third kappa shape index (κ3) is 3.86. The second-order valence-corrected chi connectivity index (χ2v) is 6.59. The maximum absolute atomic E-state index is 12.1. The van der Waals surface area contributed by atoms with Crippen molar-refractivity contribution < 1.29 is 24.2 Å². The average Bonchev–Trinajstić information content (AvgIpc) is 3.19. The quantitative estimate of drug-likeness (QED) is 0.819.